The molecule has 13 rings (SSSR count). The summed E-state index contributed by atoms with van der Waals surface area (Å²) in [4.78, 5) is 8.24. The molecule has 8 aromatic rings. The van der Waals surface area contributed by atoms with Gasteiger partial charge in [0.15, 0.2) is 0 Å². The number of hydrogen-bond acceptors (Lipinski definition) is 4. The first-order valence-corrected chi connectivity index (χ1v) is 30.6. The van der Waals surface area contributed by atoms with Gasteiger partial charge in [-0.1, -0.05) is 190 Å². The van der Waals surface area contributed by atoms with Gasteiger partial charge in [-0.15, -0.1) is 11.3 Å². The molecule has 3 heterocycles. The summed E-state index contributed by atoms with van der Waals surface area (Å²) in [6.45, 7) is 41.9. The van der Waals surface area contributed by atoms with Crippen LogP contribution in [0, 0.1) is 0 Å². The zero-order valence-corrected chi connectivity index (χ0v) is 51.5. The van der Waals surface area contributed by atoms with Gasteiger partial charge in [0.2, 0.25) is 0 Å². The van der Waals surface area contributed by atoms with Gasteiger partial charge in [-0.3, -0.25) is 4.90 Å². The van der Waals surface area contributed by atoms with Gasteiger partial charge in [0, 0.05) is 26.8 Å². The number of thiophene rings is 1. The van der Waals surface area contributed by atoms with Crippen molar-refractivity contribution in [1.29, 1.82) is 0 Å². The Labute approximate surface area is 478 Å². The largest absolute Gasteiger partial charge is 0.306 e. The van der Waals surface area contributed by atoms with Crippen LogP contribution in [0.1, 0.15) is 206 Å². The highest BCUT2D eigenvalue weighted by Gasteiger charge is 2.48. The zero-order chi connectivity index (χ0) is 55.9. The second-order valence-corrected chi connectivity index (χ2v) is 31.3. The lowest BCUT2D eigenvalue weighted by Gasteiger charge is -2.50. The SMILES string of the molecule is CC(C)(C)c1cc2c3c(c1)N(c1ccc(C(C)(C)c4ccccc4)cc1)c1c(sc4cc5c(cc14)C(C)(C)CCC5(C)C)N3c1cc3c(cc1N2c1cc2c(cc1-c1ccccc1)C(C)(C)CCC2(C)C)C(C)(C)CCC3(C)C. The van der Waals surface area contributed by atoms with Crippen molar-refractivity contribution in [3.05, 3.63) is 184 Å². The van der Waals surface area contributed by atoms with E-state index in [-0.39, 0.29) is 43.3 Å². The summed E-state index contributed by atoms with van der Waals surface area (Å²) in [7, 11) is 0. The molecule has 0 N–H and O–H groups in total. The van der Waals surface area contributed by atoms with Crippen LogP contribution < -0.4 is 14.7 Å². The van der Waals surface area contributed by atoms with E-state index in [0.29, 0.717) is 0 Å². The topological polar surface area (TPSA) is 9.72 Å². The van der Waals surface area contributed by atoms with E-state index in [1.165, 1.54) is 135 Å². The number of hydrogen-bond donors (Lipinski definition) is 0. The summed E-state index contributed by atoms with van der Waals surface area (Å²) in [6.07, 6.45) is 6.96. The van der Waals surface area contributed by atoms with E-state index >= 15 is 0 Å². The van der Waals surface area contributed by atoms with E-state index in [4.69, 9.17) is 0 Å². The molecule has 406 valence electrons. The van der Waals surface area contributed by atoms with Gasteiger partial charge in [-0.05, 0) is 193 Å². The molecule has 0 spiro atoms. The Morgan fingerprint density at radius 1 is 0.367 bits per heavy atom. The van der Waals surface area contributed by atoms with Crippen molar-refractivity contribution in [2.75, 3.05) is 14.7 Å². The van der Waals surface area contributed by atoms with Crippen molar-refractivity contribution >= 4 is 71.9 Å². The van der Waals surface area contributed by atoms with Crippen LogP contribution in [0.3, 0.4) is 0 Å². The molecule has 0 unspecified atom stereocenters. The smallest absolute Gasteiger partial charge is 0.126 e. The van der Waals surface area contributed by atoms with Crippen LogP contribution in [0.4, 0.5) is 50.5 Å². The van der Waals surface area contributed by atoms with Gasteiger partial charge in [0.25, 0.3) is 0 Å². The van der Waals surface area contributed by atoms with Gasteiger partial charge >= 0.3 is 0 Å². The minimum absolute atomic E-state index is 0.000335. The Morgan fingerprint density at radius 2 is 0.785 bits per heavy atom. The van der Waals surface area contributed by atoms with Crippen LogP contribution in [0.25, 0.3) is 21.2 Å². The Kier molecular flexibility index (Phi) is 11.2. The quantitative estimate of drug-likeness (QED) is 0.170. The van der Waals surface area contributed by atoms with Crippen molar-refractivity contribution in [3.63, 3.8) is 0 Å². The van der Waals surface area contributed by atoms with Crippen LogP contribution >= 0.6 is 11.3 Å². The van der Waals surface area contributed by atoms with Crippen LogP contribution in [0.15, 0.2) is 133 Å². The normalized spacial score (nSPS) is 19.7. The third-order valence-corrected chi connectivity index (χ3v) is 21.9. The Balaban J connectivity index is 1.19. The number of fused-ring (bicyclic) bond motifs is 9. The summed E-state index contributed by atoms with van der Waals surface area (Å²) < 4.78 is 1.36. The first kappa shape index (κ1) is 52.3. The van der Waals surface area contributed by atoms with Crippen LogP contribution in [0.2, 0.25) is 0 Å². The molecule has 5 aliphatic rings. The second kappa shape index (κ2) is 17.0. The molecule has 2 aliphatic heterocycles. The van der Waals surface area contributed by atoms with E-state index in [1.54, 1.807) is 0 Å². The molecule has 0 saturated heterocycles. The van der Waals surface area contributed by atoms with E-state index < -0.39 is 0 Å². The number of benzene rings is 7. The third kappa shape index (κ3) is 7.90. The van der Waals surface area contributed by atoms with Crippen LogP contribution in [-0.2, 0) is 43.3 Å². The molecule has 7 aromatic carbocycles. The van der Waals surface area contributed by atoms with E-state index in [0.717, 1.165) is 25.7 Å². The predicted octanol–water partition coefficient (Wildman–Crippen LogP) is 22.3. The molecule has 4 heteroatoms. The number of nitrogens with zero attached hydrogens (tertiary/aromatic N) is 3. The molecule has 0 saturated carbocycles. The summed E-state index contributed by atoms with van der Waals surface area (Å²) in [5.41, 5.74) is 25.3. The van der Waals surface area contributed by atoms with Crippen LogP contribution in [0.5, 0.6) is 0 Å². The summed E-state index contributed by atoms with van der Waals surface area (Å²) in [5.74, 6) is 0. The zero-order valence-electron chi connectivity index (χ0n) is 50.7. The monoisotopic (exact) mass is 1060 g/mol. The van der Waals surface area contributed by atoms with E-state index in [9.17, 15) is 0 Å². The van der Waals surface area contributed by atoms with Crippen molar-refractivity contribution in [2.45, 2.75) is 200 Å². The maximum atomic E-state index is 2.77. The highest BCUT2D eigenvalue weighted by molar-refractivity contribution is 7.24. The third-order valence-electron chi connectivity index (χ3n) is 20.8. The van der Waals surface area contributed by atoms with Gasteiger partial charge in [0.05, 0.1) is 39.8 Å². The molecular weight excluding hydrogens is 975 g/mol. The highest BCUT2D eigenvalue weighted by Crippen LogP contribution is 2.69. The first-order valence-electron chi connectivity index (χ1n) is 29.8. The number of rotatable bonds is 5. The molecule has 0 fully saturated rings. The molecular formula is C75H85N3S. The first-order chi connectivity index (χ1) is 37.0. The molecule has 0 atom stereocenters. The average Bonchev–Trinajstić information content (AvgIpc) is 2.72. The maximum absolute atomic E-state index is 2.77. The minimum Gasteiger partial charge on any atom is -0.306 e. The fourth-order valence-electron chi connectivity index (χ4n) is 14.8. The molecule has 0 radical (unpaired) electrons. The molecule has 3 aliphatic carbocycles. The molecule has 0 bridgehead atoms. The molecule has 3 nitrogen and oxygen atoms in total. The second-order valence-electron chi connectivity index (χ2n) is 30.3. The minimum atomic E-state index is -0.178. The highest BCUT2D eigenvalue weighted by atomic mass is 32.1. The predicted molar refractivity (Wildman–Crippen MR) is 342 cm³/mol. The summed E-state index contributed by atoms with van der Waals surface area (Å²) >= 11 is 2.01. The van der Waals surface area contributed by atoms with E-state index in [2.05, 4.69) is 266 Å². The fraction of sp³-hybridized carbons (Fsp3) is 0.413. The van der Waals surface area contributed by atoms with Gasteiger partial charge in [0.1, 0.15) is 5.00 Å². The fourth-order valence-corrected chi connectivity index (χ4v) is 16.1. The Morgan fingerprint density at radius 3 is 1.29 bits per heavy atom. The van der Waals surface area contributed by atoms with Crippen molar-refractivity contribution in [2.24, 2.45) is 0 Å². The maximum Gasteiger partial charge on any atom is 0.126 e. The standard InChI is InChI=1S/C75H85N3S/c1-68(2,3)49-38-62-66-63(39-49)77(59-42-55-53(69(4,5)32-34-71(55,8)9)40-51(59)46-24-20-18-21-25-46)60-43-56-57(73(12,13)36-35-72(56,10)11)44-61(60)78(66)67-65(52-41-54-58(45-64(52)79-67)74(14,15)37-33-70(54,6)7)76(62)50-30-28-48(29-31-50)75(16,17)47-26-22-19-23-27-47/h18-31,38-45H,32-37H2,1-17H3. The van der Waals surface area contributed by atoms with Gasteiger partial charge in [-0.2, -0.15) is 0 Å². The molecule has 1 aromatic heterocycles. The molecule has 79 heavy (non-hydrogen) atoms. The lowest BCUT2D eigenvalue weighted by atomic mass is 9.62. The van der Waals surface area contributed by atoms with Crippen molar-refractivity contribution in [1.82, 2.24) is 0 Å². The Hall–Kier alpha value is -6.10. The van der Waals surface area contributed by atoms with Crippen LogP contribution in [-0.4, -0.2) is 0 Å². The van der Waals surface area contributed by atoms with E-state index in [1.807, 2.05) is 11.3 Å². The summed E-state index contributed by atoms with van der Waals surface area (Å²) in [5, 5.41) is 2.64. The van der Waals surface area contributed by atoms with Gasteiger partial charge < -0.3 is 9.80 Å². The lowest BCUT2D eigenvalue weighted by molar-refractivity contribution is 0.332. The summed E-state index contributed by atoms with van der Waals surface area (Å²) in [6, 6.07) is 53.2. The molecule has 0 amide bonds. The van der Waals surface area contributed by atoms with Gasteiger partial charge in [-0.25, -0.2) is 0 Å². The average molecular weight is 1060 g/mol. The van der Waals surface area contributed by atoms with Crippen molar-refractivity contribution in [3.8, 4) is 11.1 Å². The number of anilines is 9. The van der Waals surface area contributed by atoms with Crippen molar-refractivity contribution < 1.29 is 0 Å². The lowest BCUT2D eigenvalue weighted by Crippen LogP contribution is -2.36. The Bertz CT molecular complexity index is 3800.